The number of anilines is 1. The smallest absolute Gasteiger partial charge is 0.226 e. The fourth-order valence-electron chi connectivity index (χ4n) is 5.49. The predicted octanol–water partition coefficient (Wildman–Crippen LogP) is 3.68. The molecule has 2 bridgehead atoms. The van der Waals surface area contributed by atoms with Crippen LogP contribution in [0.5, 0.6) is 0 Å². The van der Waals surface area contributed by atoms with Gasteiger partial charge in [0.1, 0.15) is 5.82 Å². The first-order valence-electron chi connectivity index (χ1n) is 11.3. The number of rotatable bonds is 4. The van der Waals surface area contributed by atoms with Crippen LogP contribution in [0.2, 0.25) is 5.28 Å². The summed E-state index contributed by atoms with van der Waals surface area (Å²) in [5.74, 6) is 0.929. The van der Waals surface area contributed by atoms with Gasteiger partial charge < -0.3 is 9.64 Å². The third-order valence-electron chi connectivity index (χ3n) is 7.04. The summed E-state index contributed by atoms with van der Waals surface area (Å²) in [6, 6.07) is 11.8. The second-order valence-corrected chi connectivity index (χ2v) is 9.30. The Balaban J connectivity index is 1.24. The van der Waals surface area contributed by atoms with Crippen LogP contribution in [0.25, 0.3) is 11.0 Å². The molecule has 2 aromatic heterocycles. The molecule has 5 heterocycles. The number of piperidine rings is 1. The van der Waals surface area contributed by atoms with E-state index in [2.05, 4.69) is 54.8 Å². The molecule has 0 unspecified atom stereocenters. The lowest BCUT2D eigenvalue weighted by Crippen LogP contribution is -2.46. The molecule has 31 heavy (non-hydrogen) atoms. The highest BCUT2D eigenvalue weighted by molar-refractivity contribution is 6.28. The van der Waals surface area contributed by atoms with Crippen LogP contribution < -0.4 is 4.90 Å². The van der Waals surface area contributed by atoms with E-state index in [1.165, 1.54) is 5.56 Å². The van der Waals surface area contributed by atoms with E-state index in [0.717, 1.165) is 75.4 Å². The van der Waals surface area contributed by atoms with Crippen molar-refractivity contribution in [3.8, 4) is 0 Å². The topological polar surface area (TPSA) is 59.3 Å². The summed E-state index contributed by atoms with van der Waals surface area (Å²) < 4.78 is 7.85. The first-order chi connectivity index (χ1) is 15.3. The molecule has 0 aliphatic carbocycles. The van der Waals surface area contributed by atoms with E-state index in [9.17, 15) is 0 Å². The number of aromatic nitrogens is 4. The summed E-state index contributed by atoms with van der Waals surface area (Å²) in [6.45, 7) is 4.63. The van der Waals surface area contributed by atoms with E-state index in [1.54, 1.807) is 0 Å². The van der Waals surface area contributed by atoms with Gasteiger partial charge in [-0.25, -0.2) is 4.68 Å². The summed E-state index contributed by atoms with van der Waals surface area (Å²) >= 11 is 6.41. The number of nitrogens with zero attached hydrogens (tertiary/aromatic N) is 6. The van der Waals surface area contributed by atoms with Gasteiger partial charge in [0.15, 0.2) is 5.65 Å². The van der Waals surface area contributed by atoms with Gasteiger partial charge in [-0.05, 0) is 42.8 Å². The van der Waals surface area contributed by atoms with Crippen molar-refractivity contribution in [2.24, 2.45) is 0 Å². The van der Waals surface area contributed by atoms with Crippen LogP contribution >= 0.6 is 11.6 Å². The van der Waals surface area contributed by atoms with Crippen LogP contribution in [-0.2, 0) is 11.3 Å². The first-order valence-corrected chi connectivity index (χ1v) is 11.7. The Labute approximate surface area is 187 Å². The van der Waals surface area contributed by atoms with Crippen LogP contribution in [0.4, 0.5) is 5.82 Å². The lowest BCUT2D eigenvalue weighted by atomic mass is 10.0. The molecule has 2 atom stereocenters. The molecule has 0 amide bonds. The molecule has 162 valence electrons. The second-order valence-electron chi connectivity index (χ2n) is 8.97. The number of likely N-dealkylation sites (tertiary alicyclic amines) is 1. The van der Waals surface area contributed by atoms with E-state index < -0.39 is 0 Å². The summed E-state index contributed by atoms with van der Waals surface area (Å²) in [4.78, 5) is 14.2. The van der Waals surface area contributed by atoms with Crippen LogP contribution in [0.3, 0.4) is 0 Å². The van der Waals surface area contributed by atoms with Gasteiger partial charge in [0, 0.05) is 19.6 Å². The van der Waals surface area contributed by atoms with Crippen molar-refractivity contribution < 1.29 is 4.74 Å². The van der Waals surface area contributed by atoms with Gasteiger partial charge in [0.25, 0.3) is 0 Å². The Kier molecular flexibility index (Phi) is 5.05. The maximum absolute atomic E-state index is 6.41. The Bertz CT molecular complexity index is 1050. The molecule has 3 aromatic rings. The number of ether oxygens (including phenoxy) is 1. The molecule has 3 saturated heterocycles. The minimum Gasteiger partial charge on any atom is -0.377 e. The zero-order valence-corrected chi connectivity index (χ0v) is 18.3. The highest BCUT2D eigenvalue weighted by atomic mass is 35.5. The largest absolute Gasteiger partial charge is 0.377 e. The quantitative estimate of drug-likeness (QED) is 0.579. The summed E-state index contributed by atoms with van der Waals surface area (Å²) in [5, 5.41) is 6.09. The molecule has 0 N–H and O–H groups in total. The Morgan fingerprint density at radius 2 is 1.68 bits per heavy atom. The van der Waals surface area contributed by atoms with Gasteiger partial charge in [-0.3, -0.25) is 4.90 Å². The molecule has 0 saturated carbocycles. The van der Waals surface area contributed by atoms with E-state index in [0.29, 0.717) is 23.4 Å². The fraction of sp³-hybridized carbons (Fsp3) is 0.522. The summed E-state index contributed by atoms with van der Waals surface area (Å²) in [6.07, 6.45) is 6.34. The van der Waals surface area contributed by atoms with Gasteiger partial charge in [0.05, 0.1) is 42.9 Å². The van der Waals surface area contributed by atoms with Gasteiger partial charge in [-0.15, -0.1) is 0 Å². The molecule has 3 fully saturated rings. The average Bonchev–Trinajstić information content (AvgIpc) is 3.32. The Morgan fingerprint density at radius 1 is 0.935 bits per heavy atom. The zero-order valence-electron chi connectivity index (χ0n) is 17.5. The summed E-state index contributed by atoms with van der Waals surface area (Å²) in [5.41, 5.74) is 2.23. The number of hydrogen-bond donors (Lipinski definition) is 0. The maximum Gasteiger partial charge on any atom is 0.226 e. The Morgan fingerprint density at radius 3 is 2.42 bits per heavy atom. The highest BCUT2D eigenvalue weighted by Gasteiger charge is 2.39. The zero-order chi connectivity index (χ0) is 20.8. The second kappa shape index (κ2) is 8.04. The third kappa shape index (κ3) is 3.58. The minimum atomic E-state index is 0.302. The molecule has 8 heteroatoms. The fourth-order valence-corrected chi connectivity index (χ4v) is 5.65. The van der Waals surface area contributed by atoms with Crippen LogP contribution in [0.1, 0.15) is 37.3 Å². The lowest BCUT2D eigenvalue weighted by Gasteiger charge is -2.36. The van der Waals surface area contributed by atoms with Crippen molar-refractivity contribution in [1.29, 1.82) is 0 Å². The standard InChI is InChI=1S/C23H27ClN6O/c24-23-26-21(29-18-6-7-19(29)15-31-14-18)20-12-25-30(22(20)27-23)17-8-10-28(11-9-17)13-16-4-2-1-3-5-16/h1-5,12,17-19H,6-11,13-15H2/t18-,19+. The number of halogens is 1. The lowest BCUT2D eigenvalue weighted by molar-refractivity contribution is 0.0904. The van der Waals surface area contributed by atoms with Crippen LogP contribution in [-0.4, -0.2) is 63.0 Å². The van der Waals surface area contributed by atoms with Crippen molar-refractivity contribution >= 4 is 28.5 Å². The van der Waals surface area contributed by atoms with Crippen LogP contribution in [0.15, 0.2) is 36.5 Å². The average molecular weight is 439 g/mol. The number of benzene rings is 1. The number of hydrogen-bond acceptors (Lipinski definition) is 6. The van der Waals surface area contributed by atoms with Crippen molar-refractivity contribution in [3.05, 3.63) is 47.4 Å². The van der Waals surface area contributed by atoms with Crippen molar-refractivity contribution in [3.63, 3.8) is 0 Å². The van der Waals surface area contributed by atoms with E-state index in [-0.39, 0.29) is 0 Å². The minimum absolute atomic E-state index is 0.302. The number of morpholine rings is 1. The number of fused-ring (bicyclic) bond motifs is 3. The Hall–Kier alpha value is -2.22. The molecule has 3 aliphatic heterocycles. The van der Waals surface area contributed by atoms with E-state index >= 15 is 0 Å². The van der Waals surface area contributed by atoms with Crippen molar-refractivity contribution in [2.45, 2.75) is 50.4 Å². The highest BCUT2D eigenvalue weighted by Crippen LogP contribution is 2.38. The van der Waals surface area contributed by atoms with Gasteiger partial charge in [-0.2, -0.15) is 15.1 Å². The molecule has 0 radical (unpaired) electrons. The van der Waals surface area contributed by atoms with Gasteiger partial charge in [-0.1, -0.05) is 30.3 Å². The van der Waals surface area contributed by atoms with Gasteiger partial charge in [0.2, 0.25) is 5.28 Å². The monoisotopic (exact) mass is 438 g/mol. The molecule has 0 spiro atoms. The van der Waals surface area contributed by atoms with E-state index in [4.69, 9.17) is 21.4 Å². The van der Waals surface area contributed by atoms with E-state index in [1.807, 2.05) is 6.20 Å². The molecular formula is C23H27ClN6O. The van der Waals surface area contributed by atoms with Crippen molar-refractivity contribution in [2.75, 3.05) is 31.2 Å². The predicted molar refractivity (Wildman–Crippen MR) is 120 cm³/mol. The van der Waals surface area contributed by atoms with Crippen molar-refractivity contribution in [1.82, 2.24) is 24.6 Å². The molecule has 3 aliphatic rings. The molecule has 6 rings (SSSR count). The SMILES string of the molecule is Clc1nc(N2[C@@H]3CC[C@H]2COC3)c2cnn(C3CCN(Cc4ccccc4)CC3)c2n1. The third-order valence-corrected chi connectivity index (χ3v) is 7.21. The molecular weight excluding hydrogens is 412 g/mol. The maximum atomic E-state index is 6.41. The normalized spacial score (nSPS) is 24.9. The van der Waals surface area contributed by atoms with Gasteiger partial charge >= 0.3 is 0 Å². The van der Waals surface area contributed by atoms with Crippen LogP contribution in [0, 0.1) is 0 Å². The molecule has 1 aromatic carbocycles. The first kappa shape index (κ1) is 19.5. The summed E-state index contributed by atoms with van der Waals surface area (Å²) in [7, 11) is 0. The molecule has 7 nitrogen and oxygen atoms in total.